The number of rotatable bonds is 4. The van der Waals surface area contributed by atoms with Gasteiger partial charge in [0.1, 0.15) is 17.3 Å². The van der Waals surface area contributed by atoms with Crippen molar-refractivity contribution in [2.24, 2.45) is 0 Å². The first-order chi connectivity index (χ1) is 10.5. The fraction of sp³-hybridized carbons (Fsp3) is 0.214. The van der Waals surface area contributed by atoms with Crippen LogP contribution in [0, 0.1) is 6.92 Å². The molecule has 2 amide bonds. The molecule has 0 atom stereocenters. The van der Waals surface area contributed by atoms with E-state index in [-0.39, 0.29) is 5.82 Å². The summed E-state index contributed by atoms with van der Waals surface area (Å²) in [7, 11) is 2.95. The second kappa shape index (κ2) is 6.61. The Labute approximate surface area is 126 Å². The zero-order valence-corrected chi connectivity index (χ0v) is 12.3. The molecule has 8 heteroatoms. The quantitative estimate of drug-likeness (QED) is 0.831. The molecule has 0 spiro atoms. The molecule has 0 unspecified atom stereocenters. The summed E-state index contributed by atoms with van der Waals surface area (Å²) in [5, 5.41) is 8.34. The minimum Gasteiger partial charge on any atom is -0.497 e. The molecule has 0 bridgehead atoms. The van der Waals surface area contributed by atoms with Gasteiger partial charge in [0.25, 0.3) is 0 Å². The lowest BCUT2D eigenvalue weighted by atomic mass is 10.2. The Morgan fingerprint density at radius 3 is 2.41 bits per heavy atom. The van der Waals surface area contributed by atoms with E-state index >= 15 is 0 Å². The summed E-state index contributed by atoms with van der Waals surface area (Å²) in [5.41, 5.74) is 0.318. The molecule has 116 valence electrons. The minimum absolute atomic E-state index is 0.162. The first-order valence-corrected chi connectivity index (χ1v) is 6.31. The topological polar surface area (TPSA) is 103 Å². The second-order valence-corrected chi connectivity index (χ2v) is 4.30. The summed E-state index contributed by atoms with van der Waals surface area (Å²) < 4.78 is 15.0. The molecule has 22 heavy (non-hydrogen) atoms. The lowest BCUT2D eigenvalue weighted by molar-refractivity contribution is -0.133. The predicted octanol–water partition coefficient (Wildman–Crippen LogP) is 1.58. The lowest BCUT2D eigenvalue weighted by Crippen LogP contribution is -2.29. The number of anilines is 2. The van der Waals surface area contributed by atoms with Crippen molar-refractivity contribution in [3.8, 4) is 11.5 Å². The molecule has 1 aromatic heterocycles. The molecule has 0 aliphatic carbocycles. The molecule has 2 aromatic rings. The highest BCUT2D eigenvalue weighted by molar-refractivity contribution is 6.43. The molecular weight excluding hydrogens is 290 g/mol. The smallest absolute Gasteiger partial charge is 0.315 e. The molecule has 0 saturated carbocycles. The van der Waals surface area contributed by atoms with Crippen LogP contribution < -0.4 is 20.1 Å². The summed E-state index contributed by atoms with van der Waals surface area (Å²) >= 11 is 0. The Morgan fingerprint density at radius 1 is 1.09 bits per heavy atom. The Morgan fingerprint density at radius 2 is 1.82 bits per heavy atom. The zero-order valence-electron chi connectivity index (χ0n) is 12.3. The summed E-state index contributed by atoms with van der Waals surface area (Å²) in [5.74, 6) is -0.145. The molecule has 0 fully saturated rings. The van der Waals surface area contributed by atoms with Crippen LogP contribution in [0.2, 0.25) is 0 Å². The van der Waals surface area contributed by atoms with Gasteiger partial charge in [-0.25, -0.2) is 0 Å². The highest BCUT2D eigenvalue weighted by atomic mass is 16.5. The van der Waals surface area contributed by atoms with Gasteiger partial charge in [-0.1, -0.05) is 5.16 Å². The molecule has 1 heterocycles. The number of aryl methyl sites for hydroxylation is 1. The van der Waals surface area contributed by atoms with Gasteiger partial charge in [0.15, 0.2) is 5.82 Å². The van der Waals surface area contributed by atoms with E-state index < -0.39 is 11.8 Å². The third-order valence-electron chi connectivity index (χ3n) is 2.73. The molecule has 0 aliphatic rings. The van der Waals surface area contributed by atoms with Crippen LogP contribution >= 0.6 is 0 Å². The van der Waals surface area contributed by atoms with Gasteiger partial charge in [0.05, 0.1) is 19.9 Å². The van der Waals surface area contributed by atoms with Crippen molar-refractivity contribution in [1.82, 2.24) is 5.16 Å². The van der Waals surface area contributed by atoms with Gasteiger partial charge in [-0.2, -0.15) is 0 Å². The van der Waals surface area contributed by atoms with Crippen molar-refractivity contribution < 1.29 is 23.6 Å². The first-order valence-electron chi connectivity index (χ1n) is 6.31. The number of nitrogens with zero attached hydrogens (tertiary/aromatic N) is 1. The third kappa shape index (κ3) is 3.54. The van der Waals surface area contributed by atoms with Crippen LogP contribution in [-0.2, 0) is 9.59 Å². The van der Waals surface area contributed by atoms with Gasteiger partial charge in [0, 0.05) is 12.1 Å². The SMILES string of the molecule is COc1ccc(OC)c(NC(=O)C(=O)Nc2cc(C)on2)c1. The van der Waals surface area contributed by atoms with Crippen molar-refractivity contribution >= 4 is 23.3 Å². The van der Waals surface area contributed by atoms with Crippen LogP contribution in [0.3, 0.4) is 0 Å². The average molecular weight is 305 g/mol. The number of carbonyl (C=O) groups excluding carboxylic acids is 2. The molecule has 2 N–H and O–H groups in total. The van der Waals surface area contributed by atoms with E-state index in [1.54, 1.807) is 25.1 Å². The largest absolute Gasteiger partial charge is 0.497 e. The Kier molecular flexibility index (Phi) is 4.62. The fourth-order valence-electron chi connectivity index (χ4n) is 1.69. The molecule has 0 saturated heterocycles. The van der Waals surface area contributed by atoms with E-state index in [9.17, 15) is 9.59 Å². The van der Waals surface area contributed by atoms with Crippen LogP contribution in [0.15, 0.2) is 28.8 Å². The van der Waals surface area contributed by atoms with Crippen molar-refractivity contribution in [2.45, 2.75) is 6.92 Å². The summed E-state index contributed by atoms with van der Waals surface area (Å²) in [6, 6.07) is 6.33. The van der Waals surface area contributed by atoms with Crippen LogP contribution in [0.4, 0.5) is 11.5 Å². The monoisotopic (exact) mass is 305 g/mol. The minimum atomic E-state index is -0.877. The van der Waals surface area contributed by atoms with Gasteiger partial charge < -0.3 is 19.3 Å². The normalized spacial score (nSPS) is 9.95. The van der Waals surface area contributed by atoms with Crippen molar-refractivity contribution in [3.63, 3.8) is 0 Å². The standard InChI is InChI=1S/C14H15N3O5/c1-8-6-12(17-22-8)16-14(19)13(18)15-10-7-9(20-2)4-5-11(10)21-3/h4-7H,1-3H3,(H,15,18)(H,16,17,19). The van der Waals surface area contributed by atoms with Gasteiger partial charge in [0.2, 0.25) is 0 Å². The highest BCUT2D eigenvalue weighted by Crippen LogP contribution is 2.28. The maximum Gasteiger partial charge on any atom is 0.315 e. The predicted molar refractivity (Wildman–Crippen MR) is 78.0 cm³/mol. The van der Waals surface area contributed by atoms with Crippen LogP contribution in [0.1, 0.15) is 5.76 Å². The molecule has 1 aromatic carbocycles. The number of nitrogens with one attached hydrogen (secondary N) is 2. The van der Waals surface area contributed by atoms with Crippen LogP contribution in [0.25, 0.3) is 0 Å². The molecule has 2 rings (SSSR count). The van der Waals surface area contributed by atoms with Gasteiger partial charge in [-0.15, -0.1) is 0 Å². The van der Waals surface area contributed by atoms with Crippen molar-refractivity contribution in [3.05, 3.63) is 30.0 Å². The Hall–Kier alpha value is -3.03. The van der Waals surface area contributed by atoms with Crippen LogP contribution in [0.5, 0.6) is 11.5 Å². The zero-order chi connectivity index (χ0) is 16.1. The van der Waals surface area contributed by atoms with Gasteiger partial charge >= 0.3 is 11.8 Å². The number of amides is 2. The highest BCUT2D eigenvalue weighted by Gasteiger charge is 2.18. The van der Waals surface area contributed by atoms with E-state index in [0.29, 0.717) is 22.9 Å². The average Bonchev–Trinajstić information content (AvgIpc) is 2.92. The van der Waals surface area contributed by atoms with Crippen molar-refractivity contribution in [2.75, 3.05) is 24.9 Å². The molecular formula is C14H15N3O5. The Balaban J connectivity index is 2.09. The molecule has 0 radical (unpaired) electrons. The van der Waals surface area contributed by atoms with Crippen molar-refractivity contribution in [1.29, 1.82) is 0 Å². The van der Waals surface area contributed by atoms with E-state index in [2.05, 4.69) is 15.8 Å². The van der Waals surface area contributed by atoms with E-state index in [4.69, 9.17) is 14.0 Å². The number of benzene rings is 1. The summed E-state index contributed by atoms with van der Waals surface area (Å²) in [6.45, 7) is 1.67. The van der Waals surface area contributed by atoms with Gasteiger partial charge in [-0.3, -0.25) is 14.9 Å². The maximum absolute atomic E-state index is 11.9. The first kappa shape index (κ1) is 15.4. The number of hydrogen-bond acceptors (Lipinski definition) is 6. The number of ether oxygens (including phenoxy) is 2. The third-order valence-corrected chi connectivity index (χ3v) is 2.73. The number of hydrogen-bond donors (Lipinski definition) is 2. The number of carbonyl (C=O) groups is 2. The van der Waals surface area contributed by atoms with E-state index in [1.807, 2.05) is 0 Å². The molecule has 0 aliphatic heterocycles. The van der Waals surface area contributed by atoms with Gasteiger partial charge in [-0.05, 0) is 19.1 Å². The lowest BCUT2D eigenvalue weighted by Gasteiger charge is -2.11. The summed E-state index contributed by atoms with van der Waals surface area (Å²) in [4.78, 5) is 23.7. The Bertz CT molecular complexity index is 696. The van der Waals surface area contributed by atoms with E-state index in [1.165, 1.54) is 20.3 Å². The molecule has 8 nitrogen and oxygen atoms in total. The van der Waals surface area contributed by atoms with Crippen LogP contribution in [-0.4, -0.2) is 31.2 Å². The maximum atomic E-state index is 11.9. The fourth-order valence-corrected chi connectivity index (χ4v) is 1.69. The second-order valence-electron chi connectivity index (χ2n) is 4.30. The summed E-state index contributed by atoms with van der Waals surface area (Å²) in [6.07, 6.45) is 0. The van der Waals surface area contributed by atoms with E-state index in [0.717, 1.165) is 0 Å². The number of methoxy groups -OCH3 is 2. The number of aromatic nitrogens is 1.